The molecule has 2 saturated heterocycles. The molecule has 3 fully saturated rings. The lowest BCUT2D eigenvalue weighted by Crippen LogP contribution is -2.30. The number of nitrogens with zero attached hydrogens (tertiary/aromatic N) is 13. The van der Waals surface area contributed by atoms with Crippen molar-refractivity contribution in [2.75, 3.05) is 107 Å². The molecule has 0 spiro atoms. The smallest absolute Gasteiger partial charge is 0.294 e. The quantitative estimate of drug-likeness (QED) is 0.00800. The molecule has 7 aromatic rings. The third-order valence-corrected chi connectivity index (χ3v) is 22.0. The van der Waals surface area contributed by atoms with Gasteiger partial charge in [-0.3, -0.25) is 28.3 Å². The van der Waals surface area contributed by atoms with E-state index in [4.69, 9.17) is 54.9 Å². The zero-order valence-corrected chi connectivity index (χ0v) is 62.5. The molecule has 3 aliphatic rings. The van der Waals surface area contributed by atoms with Gasteiger partial charge in [0.2, 0.25) is 22.2 Å². The highest BCUT2D eigenvalue weighted by molar-refractivity contribution is 7.99. The SMILES string of the molecule is CCN(CC)c1cc(Nc2nc(Nc3cc(N(CC)CC)c(OC)cc3N=Nc3nc(N4CCCCC4)c(C=C(C(C)=O)C(=O)Nc4cccc(S(=O)(=O)O)c4)s3)nc(SC3CCCCC3)n2)c(N=Nc2nc(N3CCCCC3)c(C=C(C(C)=O)C(=O)Nc3cccc(S(=O)(=O)O)c3)s2)cc1OC. The Morgan fingerprint density at radius 3 is 1.33 bits per heavy atom. The summed E-state index contributed by atoms with van der Waals surface area (Å²) in [5, 5.41) is 32.3. The molecule has 6 N–H and O–H groups in total. The Hall–Kier alpha value is -9.32. The second kappa shape index (κ2) is 34.8. The van der Waals surface area contributed by atoms with E-state index in [0.717, 1.165) is 117 Å². The number of aromatic nitrogens is 5. The van der Waals surface area contributed by atoms with E-state index in [9.17, 15) is 45.1 Å². The van der Waals surface area contributed by atoms with Crippen molar-refractivity contribution in [1.29, 1.82) is 0 Å². The summed E-state index contributed by atoms with van der Waals surface area (Å²) in [7, 11) is -6.05. The van der Waals surface area contributed by atoms with Gasteiger partial charge in [0.05, 0.1) is 67.7 Å². The summed E-state index contributed by atoms with van der Waals surface area (Å²) in [6, 6.07) is 17.4. The number of methoxy groups -OCH3 is 2. The van der Waals surface area contributed by atoms with Gasteiger partial charge in [0, 0.05) is 81.1 Å². The Kier molecular flexibility index (Phi) is 25.8. The van der Waals surface area contributed by atoms with Gasteiger partial charge in [0.1, 0.15) is 34.5 Å². The lowest BCUT2D eigenvalue weighted by atomic mass is 10.0. The fourth-order valence-electron chi connectivity index (χ4n) is 12.1. The monoisotopic (exact) mass is 1500 g/mol. The number of thioether (sulfide) groups is 1. The molecular weight excluding hydrogens is 1420 g/mol. The van der Waals surface area contributed by atoms with E-state index >= 15 is 0 Å². The number of rotatable bonds is 30. The fourth-order valence-corrected chi connectivity index (χ4v) is 16.0. The minimum absolute atomic E-state index is 0.0407. The molecule has 546 valence electrons. The van der Waals surface area contributed by atoms with Crippen LogP contribution in [-0.4, -0.2) is 146 Å². The summed E-state index contributed by atoms with van der Waals surface area (Å²) >= 11 is 3.79. The highest BCUT2D eigenvalue weighted by atomic mass is 32.2. The summed E-state index contributed by atoms with van der Waals surface area (Å²) in [5.74, 6) is -0.477. The van der Waals surface area contributed by atoms with Crippen molar-refractivity contribution in [3.05, 3.63) is 93.7 Å². The molecule has 1 aliphatic carbocycles. The number of anilines is 10. The van der Waals surface area contributed by atoms with E-state index in [2.05, 4.69) is 40.9 Å². The third kappa shape index (κ3) is 19.7. The largest absolute Gasteiger partial charge is 0.494 e. The summed E-state index contributed by atoms with van der Waals surface area (Å²) < 4.78 is 79.3. The van der Waals surface area contributed by atoms with Crippen LogP contribution < -0.4 is 50.3 Å². The lowest BCUT2D eigenvalue weighted by molar-refractivity contribution is -0.120. The van der Waals surface area contributed by atoms with Crippen LogP contribution in [0.4, 0.5) is 79.3 Å². The van der Waals surface area contributed by atoms with Crippen LogP contribution in [0, 0.1) is 0 Å². The number of nitrogens with one attached hydrogen (secondary N) is 4. The number of hydrogen-bond donors (Lipinski definition) is 6. The number of carbonyl (C=O) groups excluding carboxylic acids is 4. The molecule has 5 heterocycles. The molecule has 4 aromatic carbocycles. The molecule has 0 atom stereocenters. The molecule has 29 nitrogen and oxygen atoms in total. The van der Waals surface area contributed by atoms with Crippen LogP contribution in [0.2, 0.25) is 0 Å². The Morgan fingerprint density at radius 2 is 0.961 bits per heavy atom. The van der Waals surface area contributed by atoms with Gasteiger partial charge in [-0.15, -0.1) is 20.5 Å². The maximum Gasteiger partial charge on any atom is 0.294 e. The molecule has 2 aliphatic heterocycles. The summed E-state index contributed by atoms with van der Waals surface area (Å²) in [5.41, 5.74) is 2.57. The first-order valence-corrected chi connectivity index (χ1v) is 39.3. The van der Waals surface area contributed by atoms with Gasteiger partial charge >= 0.3 is 0 Å². The summed E-state index contributed by atoms with van der Waals surface area (Å²) in [4.78, 5) is 87.9. The first-order valence-electron chi connectivity index (χ1n) is 33.9. The van der Waals surface area contributed by atoms with E-state index < -0.39 is 53.4 Å². The summed E-state index contributed by atoms with van der Waals surface area (Å²) in [6.07, 6.45) is 13.6. The van der Waals surface area contributed by atoms with E-state index in [1.54, 1.807) is 38.1 Å². The molecule has 1 saturated carbocycles. The van der Waals surface area contributed by atoms with E-state index in [-0.39, 0.29) is 49.9 Å². The maximum absolute atomic E-state index is 13.9. The van der Waals surface area contributed by atoms with Crippen molar-refractivity contribution < 1.29 is 54.6 Å². The maximum atomic E-state index is 13.9. The molecule has 3 aromatic heterocycles. The average molecular weight is 1500 g/mol. The van der Waals surface area contributed by atoms with E-state index in [0.29, 0.717) is 113 Å². The molecule has 0 radical (unpaired) electrons. The van der Waals surface area contributed by atoms with Gasteiger partial charge in [-0.25, -0.2) is 0 Å². The van der Waals surface area contributed by atoms with Crippen molar-refractivity contribution in [3.8, 4) is 11.5 Å². The predicted molar refractivity (Wildman–Crippen MR) is 404 cm³/mol. The van der Waals surface area contributed by atoms with Gasteiger partial charge in [-0.2, -0.15) is 41.8 Å². The van der Waals surface area contributed by atoms with Gasteiger partial charge in [0.25, 0.3) is 32.1 Å². The zero-order valence-electron chi connectivity index (χ0n) is 58.4. The number of ketones is 2. The van der Waals surface area contributed by atoms with E-state index in [1.165, 1.54) is 62.4 Å². The molecule has 103 heavy (non-hydrogen) atoms. The average Bonchev–Trinajstić information content (AvgIpc) is 1.36. The molecule has 2 amide bonds. The number of hydrogen-bond acceptors (Lipinski definition) is 28. The number of ether oxygens (including phenoxy) is 2. The molecule has 10 rings (SSSR count). The Balaban J connectivity index is 1.04. The van der Waals surface area contributed by atoms with Gasteiger partial charge in [-0.1, -0.05) is 65.8 Å². The van der Waals surface area contributed by atoms with Crippen molar-refractivity contribution in [2.24, 2.45) is 20.5 Å². The minimum Gasteiger partial charge on any atom is -0.494 e. The minimum atomic E-state index is -4.60. The molecule has 0 unspecified atom stereocenters. The zero-order chi connectivity index (χ0) is 73.5. The standard InChI is InChI=1S/C69H83N17O12S5/c1-9-83(10-2)55-38-51(53(40-57(55)97-7)79-81-68-74-61(85-30-18-14-19-31-85)59(100-68)36-49(42(5)87)63(89)70-44-24-22-28-47(34-44)102(91,92)93)72-65-76-66(78-67(77-65)99-46-26-16-13-17-27-46)73-52-39-56(84(11-3)12-4)58(98-8)41-54(52)80-82-69-75-62(86-32-20-15-21-33-86)60(101-69)37-50(43(6)88)64(90)71-45-25-23-29-48(35-45)103(94,95)96/h22-25,28-29,34-41,46H,9-21,26-27,30-33H2,1-8H3,(H,70,89)(H,71,90)(H,91,92,93)(H,94,95,96)(H2,72,73,76,77,78). The number of piperidine rings is 2. The molecular formula is C69H83N17O12S5. The highest BCUT2D eigenvalue weighted by Gasteiger charge is 2.28. The predicted octanol–water partition coefficient (Wildman–Crippen LogP) is 14.9. The summed E-state index contributed by atoms with van der Waals surface area (Å²) in [6.45, 7) is 15.8. The Morgan fingerprint density at radius 1 is 0.563 bits per heavy atom. The molecule has 34 heteroatoms. The van der Waals surface area contributed by atoms with Crippen LogP contribution >= 0.6 is 34.4 Å². The normalized spacial score (nSPS) is 15.0. The van der Waals surface area contributed by atoms with Crippen molar-refractivity contribution in [2.45, 2.75) is 132 Å². The first-order chi connectivity index (χ1) is 49.4. The molecule has 0 bridgehead atoms. The fraction of sp³-hybridized carbons (Fsp3) is 0.406. The van der Waals surface area contributed by atoms with Crippen LogP contribution in [0.15, 0.2) is 119 Å². The lowest BCUT2D eigenvalue weighted by Gasteiger charge is -2.27. The van der Waals surface area contributed by atoms with E-state index in [1.807, 2.05) is 39.8 Å². The number of azo groups is 2. The Bertz CT molecular complexity index is 4360. The van der Waals surface area contributed by atoms with Crippen molar-refractivity contribution in [1.82, 2.24) is 24.9 Å². The number of amides is 2. The third-order valence-electron chi connectivity index (χ3n) is 17.4. The number of Topliss-reactive ketones (excluding diaryl/α,β-unsaturated/α-hetero) is 2. The Labute approximate surface area is 610 Å². The highest BCUT2D eigenvalue weighted by Crippen LogP contribution is 2.45. The van der Waals surface area contributed by atoms with Crippen LogP contribution in [0.5, 0.6) is 11.5 Å². The number of benzene rings is 4. The topological polar surface area (TPSA) is 370 Å². The van der Waals surface area contributed by atoms with Gasteiger partial charge in [-0.05, 0) is 154 Å². The number of thiazole rings is 2. The van der Waals surface area contributed by atoms with Crippen LogP contribution in [0.3, 0.4) is 0 Å². The first kappa shape index (κ1) is 76.3. The van der Waals surface area contributed by atoms with Crippen molar-refractivity contribution in [3.63, 3.8) is 0 Å². The number of carbonyl (C=O) groups is 4. The van der Waals surface area contributed by atoms with Crippen LogP contribution in [-0.2, 0) is 39.4 Å². The van der Waals surface area contributed by atoms with Crippen LogP contribution in [0.25, 0.3) is 12.2 Å². The van der Waals surface area contributed by atoms with Crippen LogP contribution in [0.1, 0.15) is 122 Å². The van der Waals surface area contributed by atoms with Gasteiger partial charge < -0.3 is 50.3 Å². The van der Waals surface area contributed by atoms with Gasteiger partial charge in [0.15, 0.2) is 16.7 Å². The second-order valence-electron chi connectivity index (χ2n) is 24.3. The van der Waals surface area contributed by atoms with Crippen molar-refractivity contribution >= 4 is 169 Å². The second-order valence-corrected chi connectivity index (χ2v) is 30.5.